The van der Waals surface area contributed by atoms with Gasteiger partial charge in [0.25, 0.3) is 0 Å². The van der Waals surface area contributed by atoms with Gasteiger partial charge in [-0.1, -0.05) is 20.8 Å². The van der Waals surface area contributed by atoms with Crippen LogP contribution in [0, 0.1) is 0 Å². The third-order valence-corrected chi connectivity index (χ3v) is 4.45. The Morgan fingerprint density at radius 1 is 1.47 bits per heavy atom. The SMILES string of the molecule is CCNC1(c2nc(C(C)C)cs2)CCOCC1. The predicted octanol–water partition coefficient (Wildman–Crippen LogP) is 2.88. The van der Waals surface area contributed by atoms with Crippen molar-refractivity contribution in [2.24, 2.45) is 0 Å². The van der Waals surface area contributed by atoms with Gasteiger partial charge in [-0.15, -0.1) is 11.3 Å². The van der Waals surface area contributed by atoms with Crippen molar-refractivity contribution in [1.29, 1.82) is 0 Å². The fourth-order valence-corrected chi connectivity index (χ4v) is 3.51. The molecule has 96 valence electrons. The number of nitrogens with one attached hydrogen (secondary N) is 1. The Morgan fingerprint density at radius 3 is 2.71 bits per heavy atom. The van der Waals surface area contributed by atoms with Gasteiger partial charge >= 0.3 is 0 Å². The zero-order chi connectivity index (χ0) is 12.3. The summed E-state index contributed by atoms with van der Waals surface area (Å²) in [4.78, 5) is 4.82. The van der Waals surface area contributed by atoms with Crippen LogP contribution in [0.3, 0.4) is 0 Å². The molecule has 1 aliphatic heterocycles. The van der Waals surface area contributed by atoms with Gasteiger partial charge in [0.1, 0.15) is 5.01 Å². The van der Waals surface area contributed by atoms with Crippen molar-refractivity contribution in [2.45, 2.75) is 45.1 Å². The van der Waals surface area contributed by atoms with Crippen LogP contribution in [-0.4, -0.2) is 24.7 Å². The van der Waals surface area contributed by atoms with Crippen LogP contribution in [0.4, 0.5) is 0 Å². The molecule has 0 bridgehead atoms. The fourth-order valence-electron chi connectivity index (χ4n) is 2.30. The van der Waals surface area contributed by atoms with E-state index in [-0.39, 0.29) is 5.54 Å². The van der Waals surface area contributed by atoms with Crippen molar-refractivity contribution in [2.75, 3.05) is 19.8 Å². The minimum absolute atomic E-state index is 0.0603. The maximum Gasteiger partial charge on any atom is 0.113 e. The number of hydrogen-bond acceptors (Lipinski definition) is 4. The second-order valence-electron chi connectivity index (χ2n) is 4.96. The number of nitrogens with zero attached hydrogens (tertiary/aromatic N) is 1. The van der Waals surface area contributed by atoms with Gasteiger partial charge in [0.05, 0.1) is 11.2 Å². The van der Waals surface area contributed by atoms with E-state index in [0.29, 0.717) is 5.92 Å². The molecule has 0 atom stereocenters. The zero-order valence-electron chi connectivity index (χ0n) is 11.0. The van der Waals surface area contributed by atoms with Gasteiger partial charge in [0.2, 0.25) is 0 Å². The molecule has 1 saturated heterocycles. The van der Waals surface area contributed by atoms with Gasteiger partial charge in [-0.2, -0.15) is 0 Å². The summed E-state index contributed by atoms with van der Waals surface area (Å²) in [6, 6.07) is 0. The molecule has 2 rings (SSSR count). The molecule has 1 aromatic rings. The maximum absolute atomic E-state index is 5.48. The van der Waals surface area contributed by atoms with Gasteiger partial charge in [0, 0.05) is 18.6 Å². The summed E-state index contributed by atoms with van der Waals surface area (Å²) < 4.78 is 5.48. The van der Waals surface area contributed by atoms with Gasteiger partial charge < -0.3 is 10.1 Å². The zero-order valence-corrected chi connectivity index (χ0v) is 11.8. The highest BCUT2D eigenvalue weighted by molar-refractivity contribution is 7.09. The van der Waals surface area contributed by atoms with E-state index in [4.69, 9.17) is 9.72 Å². The van der Waals surface area contributed by atoms with E-state index in [2.05, 4.69) is 31.5 Å². The normalized spacial score (nSPS) is 19.8. The predicted molar refractivity (Wildman–Crippen MR) is 71.6 cm³/mol. The van der Waals surface area contributed by atoms with E-state index in [9.17, 15) is 0 Å². The summed E-state index contributed by atoms with van der Waals surface area (Å²) in [6.45, 7) is 9.21. The smallest absolute Gasteiger partial charge is 0.113 e. The monoisotopic (exact) mass is 254 g/mol. The molecule has 0 radical (unpaired) electrons. The highest BCUT2D eigenvalue weighted by atomic mass is 32.1. The molecule has 1 N–H and O–H groups in total. The third-order valence-electron chi connectivity index (χ3n) is 3.38. The highest BCUT2D eigenvalue weighted by Crippen LogP contribution is 2.35. The molecule has 4 heteroatoms. The highest BCUT2D eigenvalue weighted by Gasteiger charge is 2.36. The summed E-state index contributed by atoms with van der Waals surface area (Å²) in [7, 11) is 0. The van der Waals surface area contributed by atoms with Crippen LogP contribution in [0.15, 0.2) is 5.38 Å². The van der Waals surface area contributed by atoms with Crippen LogP contribution in [0.5, 0.6) is 0 Å². The lowest BCUT2D eigenvalue weighted by molar-refractivity contribution is 0.0372. The van der Waals surface area contributed by atoms with E-state index in [1.165, 1.54) is 10.7 Å². The van der Waals surface area contributed by atoms with E-state index >= 15 is 0 Å². The van der Waals surface area contributed by atoms with E-state index in [0.717, 1.165) is 32.6 Å². The quantitative estimate of drug-likeness (QED) is 0.897. The largest absolute Gasteiger partial charge is 0.381 e. The van der Waals surface area contributed by atoms with Crippen molar-refractivity contribution in [3.05, 3.63) is 16.1 Å². The number of hydrogen-bond donors (Lipinski definition) is 1. The molecular weight excluding hydrogens is 232 g/mol. The third kappa shape index (κ3) is 2.69. The summed E-state index contributed by atoms with van der Waals surface area (Å²) in [5.41, 5.74) is 1.28. The lowest BCUT2D eigenvalue weighted by atomic mass is 9.90. The Hall–Kier alpha value is -0.450. The molecule has 2 heterocycles. The molecule has 3 nitrogen and oxygen atoms in total. The molecule has 0 unspecified atom stereocenters. The maximum atomic E-state index is 5.48. The van der Waals surface area contributed by atoms with E-state index in [1.54, 1.807) is 11.3 Å². The Balaban J connectivity index is 2.24. The Morgan fingerprint density at radius 2 is 2.18 bits per heavy atom. The Kier molecular flexibility index (Phi) is 4.17. The standard InChI is InChI=1S/C13H22N2OS/c1-4-14-13(5-7-16-8-6-13)12-15-11(9-17-12)10(2)3/h9-10,14H,4-8H2,1-3H3. The van der Waals surface area contributed by atoms with Crippen LogP contribution >= 0.6 is 11.3 Å². The number of thiazole rings is 1. The molecule has 1 fully saturated rings. The van der Waals surface area contributed by atoms with Crippen LogP contribution in [0.1, 0.15) is 50.2 Å². The molecule has 0 aromatic carbocycles. The topological polar surface area (TPSA) is 34.2 Å². The summed E-state index contributed by atoms with van der Waals surface area (Å²) in [6.07, 6.45) is 2.07. The molecule has 0 saturated carbocycles. The fraction of sp³-hybridized carbons (Fsp3) is 0.769. The number of aromatic nitrogens is 1. The van der Waals surface area contributed by atoms with Crippen LogP contribution < -0.4 is 5.32 Å². The summed E-state index contributed by atoms with van der Waals surface area (Å²) >= 11 is 1.79. The first-order valence-corrected chi connectivity index (χ1v) is 7.34. The first-order valence-electron chi connectivity index (χ1n) is 6.46. The van der Waals surface area contributed by atoms with Gasteiger partial charge in [-0.3, -0.25) is 0 Å². The first-order chi connectivity index (χ1) is 8.18. The van der Waals surface area contributed by atoms with Crippen molar-refractivity contribution >= 4 is 11.3 Å². The second kappa shape index (κ2) is 5.46. The molecule has 1 aromatic heterocycles. The van der Waals surface area contributed by atoms with Crippen molar-refractivity contribution < 1.29 is 4.74 Å². The average Bonchev–Trinajstić information content (AvgIpc) is 2.80. The minimum Gasteiger partial charge on any atom is -0.381 e. The molecule has 17 heavy (non-hydrogen) atoms. The van der Waals surface area contributed by atoms with Crippen molar-refractivity contribution in [3.8, 4) is 0 Å². The van der Waals surface area contributed by atoms with Crippen molar-refractivity contribution in [3.63, 3.8) is 0 Å². The first kappa shape index (κ1) is 13.0. The average molecular weight is 254 g/mol. The van der Waals surface area contributed by atoms with E-state index in [1.807, 2.05) is 0 Å². The summed E-state index contributed by atoms with van der Waals surface area (Å²) in [5, 5.41) is 7.08. The number of rotatable bonds is 4. The molecule has 0 spiro atoms. The van der Waals surface area contributed by atoms with E-state index < -0.39 is 0 Å². The molecular formula is C13H22N2OS. The Bertz CT molecular complexity index is 351. The second-order valence-corrected chi connectivity index (χ2v) is 5.82. The minimum atomic E-state index is 0.0603. The lowest BCUT2D eigenvalue weighted by Gasteiger charge is -2.36. The molecule has 1 aliphatic rings. The van der Waals surface area contributed by atoms with Crippen molar-refractivity contribution in [1.82, 2.24) is 10.3 Å². The van der Waals surface area contributed by atoms with Gasteiger partial charge in [-0.25, -0.2) is 4.98 Å². The lowest BCUT2D eigenvalue weighted by Crippen LogP contribution is -2.46. The van der Waals surface area contributed by atoms with Gasteiger partial charge in [-0.05, 0) is 25.3 Å². The van der Waals surface area contributed by atoms with Crippen LogP contribution in [0.25, 0.3) is 0 Å². The molecule has 0 aliphatic carbocycles. The van der Waals surface area contributed by atoms with Gasteiger partial charge in [0.15, 0.2) is 0 Å². The van der Waals surface area contributed by atoms with Crippen LogP contribution in [-0.2, 0) is 10.3 Å². The summed E-state index contributed by atoms with van der Waals surface area (Å²) in [5.74, 6) is 0.513. The molecule has 0 amide bonds. The Labute approximate surface area is 108 Å². The number of ether oxygens (including phenoxy) is 1. The van der Waals surface area contributed by atoms with Crippen LogP contribution in [0.2, 0.25) is 0 Å².